The van der Waals surface area contributed by atoms with Gasteiger partial charge in [0.2, 0.25) is 0 Å². The number of fused-ring (bicyclic) bond motifs is 1. The summed E-state index contributed by atoms with van der Waals surface area (Å²) in [5.41, 5.74) is 0.615. The highest BCUT2D eigenvalue weighted by Gasteiger charge is 2.33. The van der Waals surface area contributed by atoms with E-state index in [2.05, 4.69) is 4.98 Å². The lowest BCUT2D eigenvalue weighted by molar-refractivity contribution is 0.0751. The first-order chi connectivity index (χ1) is 10.0. The third-order valence-corrected chi connectivity index (χ3v) is 4.37. The normalized spacial score (nSPS) is 23.9. The summed E-state index contributed by atoms with van der Waals surface area (Å²) in [4.78, 5) is 4.40. The molecule has 0 saturated heterocycles. The summed E-state index contributed by atoms with van der Waals surface area (Å²) in [5.74, 6) is -1.18. The SMILES string of the molecule is COC1CCCC1n1c(C(C)Cl)nc2ccc(F)c(F)c21. The second kappa shape index (κ2) is 5.54. The zero-order chi connectivity index (χ0) is 15.1. The van der Waals surface area contributed by atoms with Gasteiger partial charge in [0.1, 0.15) is 11.3 Å². The molecule has 3 unspecified atom stereocenters. The predicted molar refractivity (Wildman–Crippen MR) is 77.6 cm³/mol. The maximum absolute atomic E-state index is 14.3. The van der Waals surface area contributed by atoms with Gasteiger partial charge >= 0.3 is 0 Å². The van der Waals surface area contributed by atoms with Gasteiger partial charge in [-0.25, -0.2) is 13.8 Å². The molecule has 1 aliphatic carbocycles. The highest BCUT2D eigenvalue weighted by molar-refractivity contribution is 6.20. The highest BCUT2D eigenvalue weighted by atomic mass is 35.5. The predicted octanol–water partition coefficient (Wildman–Crippen LogP) is 4.35. The minimum absolute atomic E-state index is 0.0285. The minimum Gasteiger partial charge on any atom is -0.379 e. The largest absolute Gasteiger partial charge is 0.379 e. The molecule has 3 atom stereocenters. The van der Waals surface area contributed by atoms with E-state index in [1.54, 1.807) is 18.6 Å². The number of methoxy groups -OCH3 is 1. The molecule has 2 aromatic rings. The Balaban J connectivity index is 2.27. The van der Waals surface area contributed by atoms with Crippen molar-refractivity contribution in [1.82, 2.24) is 9.55 Å². The molecule has 0 amide bonds. The molecule has 1 aromatic carbocycles. The molecule has 3 nitrogen and oxygen atoms in total. The molecular formula is C15H17ClF2N2O. The van der Waals surface area contributed by atoms with Crippen molar-refractivity contribution in [3.8, 4) is 0 Å². The highest BCUT2D eigenvalue weighted by Crippen LogP contribution is 2.38. The van der Waals surface area contributed by atoms with Gasteiger partial charge in [0.05, 0.1) is 23.0 Å². The first kappa shape index (κ1) is 14.7. The molecule has 1 saturated carbocycles. The topological polar surface area (TPSA) is 27.1 Å². The summed E-state index contributed by atoms with van der Waals surface area (Å²) in [7, 11) is 1.64. The Labute approximate surface area is 126 Å². The van der Waals surface area contributed by atoms with Crippen LogP contribution in [0.3, 0.4) is 0 Å². The number of halogens is 3. The number of nitrogens with zero attached hydrogens (tertiary/aromatic N) is 2. The Hall–Kier alpha value is -1.20. The van der Waals surface area contributed by atoms with Gasteiger partial charge in [-0.15, -0.1) is 11.6 Å². The molecule has 1 aromatic heterocycles. The van der Waals surface area contributed by atoms with Crippen molar-refractivity contribution in [1.29, 1.82) is 0 Å². The van der Waals surface area contributed by atoms with E-state index in [9.17, 15) is 8.78 Å². The van der Waals surface area contributed by atoms with Crippen molar-refractivity contribution in [2.75, 3.05) is 7.11 Å². The van der Waals surface area contributed by atoms with E-state index in [0.29, 0.717) is 11.3 Å². The lowest BCUT2D eigenvalue weighted by Crippen LogP contribution is -2.23. The van der Waals surface area contributed by atoms with Crippen molar-refractivity contribution < 1.29 is 13.5 Å². The summed E-state index contributed by atoms with van der Waals surface area (Å²) in [6.07, 6.45) is 2.69. The number of aromatic nitrogens is 2. The molecule has 1 heterocycles. The van der Waals surface area contributed by atoms with Crippen LogP contribution in [0.4, 0.5) is 8.78 Å². The Morgan fingerprint density at radius 2 is 2.14 bits per heavy atom. The molecule has 6 heteroatoms. The van der Waals surface area contributed by atoms with E-state index >= 15 is 0 Å². The summed E-state index contributed by atoms with van der Waals surface area (Å²) in [6.45, 7) is 1.78. The fraction of sp³-hybridized carbons (Fsp3) is 0.533. The van der Waals surface area contributed by atoms with E-state index in [1.165, 1.54) is 6.07 Å². The molecule has 0 radical (unpaired) electrons. The van der Waals surface area contributed by atoms with Gasteiger partial charge in [-0.1, -0.05) is 0 Å². The fourth-order valence-electron chi connectivity index (χ4n) is 3.23. The van der Waals surface area contributed by atoms with Crippen LogP contribution < -0.4 is 0 Å². The minimum atomic E-state index is -0.871. The van der Waals surface area contributed by atoms with Crippen LogP contribution in [-0.4, -0.2) is 22.8 Å². The summed E-state index contributed by atoms with van der Waals surface area (Å²) in [6, 6.07) is 2.52. The van der Waals surface area contributed by atoms with Gasteiger partial charge in [0, 0.05) is 7.11 Å². The third-order valence-electron chi connectivity index (χ3n) is 4.18. The summed E-state index contributed by atoms with van der Waals surface area (Å²) < 4.78 is 35.2. The van der Waals surface area contributed by atoms with E-state index in [0.717, 1.165) is 25.3 Å². The third kappa shape index (κ3) is 2.32. The van der Waals surface area contributed by atoms with Gasteiger partial charge in [-0.05, 0) is 38.3 Å². The maximum Gasteiger partial charge on any atom is 0.184 e. The molecule has 21 heavy (non-hydrogen) atoms. The molecular weight excluding hydrogens is 298 g/mol. The second-order valence-electron chi connectivity index (χ2n) is 5.46. The monoisotopic (exact) mass is 314 g/mol. The zero-order valence-corrected chi connectivity index (χ0v) is 12.7. The van der Waals surface area contributed by atoms with Crippen LogP contribution in [0.1, 0.15) is 43.4 Å². The number of ether oxygens (including phenoxy) is 1. The fourth-order valence-corrected chi connectivity index (χ4v) is 3.39. The van der Waals surface area contributed by atoms with Crippen LogP contribution in [0.25, 0.3) is 11.0 Å². The first-order valence-corrected chi connectivity index (χ1v) is 7.51. The second-order valence-corrected chi connectivity index (χ2v) is 6.11. The van der Waals surface area contributed by atoms with Crippen molar-refractivity contribution >= 4 is 22.6 Å². The van der Waals surface area contributed by atoms with Crippen LogP contribution in [-0.2, 0) is 4.74 Å². The number of imidazole rings is 1. The van der Waals surface area contributed by atoms with Gasteiger partial charge in [-0.3, -0.25) is 0 Å². The van der Waals surface area contributed by atoms with Crippen LogP contribution >= 0.6 is 11.6 Å². The van der Waals surface area contributed by atoms with Gasteiger partial charge in [0.15, 0.2) is 11.6 Å². The number of rotatable bonds is 3. The van der Waals surface area contributed by atoms with E-state index in [-0.39, 0.29) is 17.7 Å². The molecule has 0 bridgehead atoms. The molecule has 0 aliphatic heterocycles. The van der Waals surface area contributed by atoms with Crippen molar-refractivity contribution in [3.63, 3.8) is 0 Å². The number of benzene rings is 1. The summed E-state index contributed by atoms with van der Waals surface area (Å²) in [5, 5.41) is -0.391. The van der Waals surface area contributed by atoms with E-state index in [4.69, 9.17) is 16.3 Å². The average Bonchev–Trinajstić information content (AvgIpc) is 3.06. The van der Waals surface area contributed by atoms with Crippen LogP contribution in [0.2, 0.25) is 0 Å². The molecule has 114 valence electrons. The molecule has 1 aliphatic rings. The lowest BCUT2D eigenvalue weighted by Gasteiger charge is -2.23. The van der Waals surface area contributed by atoms with Crippen LogP contribution in [0, 0.1) is 11.6 Å². The maximum atomic E-state index is 14.3. The number of hydrogen-bond donors (Lipinski definition) is 0. The van der Waals surface area contributed by atoms with Crippen molar-refractivity contribution in [2.24, 2.45) is 0 Å². The average molecular weight is 315 g/mol. The molecule has 3 rings (SSSR count). The Morgan fingerprint density at radius 1 is 1.38 bits per heavy atom. The number of alkyl halides is 1. The Morgan fingerprint density at radius 3 is 2.81 bits per heavy atom. The Kier molecular flexibility index (Phi) is 3.88. The first-order valence-electron chi connectivity index (χ1n) is 7.07. The zero-order valence-electron chi connectivity index (χ0n) is 11.9. The standard InChI is InChI=1S/C15H17ClF2N2O/c1-8(16)15-19-10-7-6-9(17)13(18)14(10)20(15)11-4-3-5-12(11)21-2/h6-8,11-12H,3-5H2,1-2H3. The van der Waals surface area contributed by atoms with Gasteiger partial charge in [0.25, 0.3) is 0 Å². The van der Waals surface area contributed by atoms with Gasteiger partial charge < -0.3 is 9.30 Å². The summed E-state index contributed by atoms with van der Waals surface area (Å²) >= 11 is 6.20. The van der Waals surface area contributed by atoms with Crippen LogP contribution in [0.15, 0.2) is 12.1 Å². The lowest BCUT2D eigenvalue weighted by atomic mass is 10.2. The quantitative estimate of drug-likeness (QED) is 0.787. The smallest absolute Gasteiger partial charge is 0.184 e. The number of hydrogen-bond acceptors (Lipinski definition) is 2. The van der Waals surface area contributed by atoms with E-state index in [1.807, 2.05) is 0 Å². The molecule has 0 spiro atoms. The van der Waals surface area contributed by atoms with Gasteiger partial charge in [-0.2, -0.15) is 0 Å². The Bertz CT molecular complexity index is 671. The molecule has 1 fully saturated rings. The van der Waals surface area contributed by atoms with E-state index < -0.39 is 17.0 Å². The molecule has 0 N–H and O–H groups in total. The van der Waals surface area contributed by atoms with Crippen molar-refractivity contribution in [2.45, 2.75) is 43.7 Å². The van der Waals surface area contributed by atoms with Crippen LogP contribution in [0.5, 0.6) is 0 Å². The van der Waals surface area contributed by atoms with Crippen molar-refractivity contribution in [3.05, 3.63) is 29.6 Å².